The minimum atomic E-state index is -0.372. The van der Waals surface area contributed by atoms with Gasteiger partial charge < -0.3 is 15.2 Å². The summed E-state index contributed by atoms with van der Waals surface area (Å²) in [6, 6.07) is 11.1. The van der Waals surface area contributed by atoms with E-state index in [0.717, 1.165) is 37.7 Å². The molecule has 1 aliphatic heterocycles. The van der Waals surface area contributed by atoms with Gasteiger partial charge in [0.2, 0.25) is 0 Å². The molecule has 0 saturated heterocycles. The third-order valence-electron chi connectivity index (χ3n) is 6.91. The van der Waals surface area contributed by atoms with E-state index in [4.69, 9.17) is 20.2 Å². The number of aliphatic imine (C=N–C) groups is 1. The number of aromatic nitrogens is 1. The fourth-order valence-electron chi connectivity index (χ4n) is 5.44. The Labute approximate surface area is 159 Å². The van der Waals surface area contributed by atoms with Crippen LogP contribution in [-0.4, -0.2) is 30.8 Å². The number of hydrogen-bond acceptors (Lipinski definition) is 5. The fourth-order valence-corrected chi connectivity index (χ4v) is 5.44. The lowest BCUT2D eigenvalue weighted by Gasteiger charge is -2.45. The number of pyridine rings is 1. The van der Waals surface area contributed by atoms with Crippen LogP contribution >= 0.6 is 0 Å². The van der Waals surface area contributed by atoms with E-state index in [9.17, 15) is 0 Å². The first-order valence-electron chi connectivity index (χ1n) is 9.71. The van der Waals surface area contributed by atoms with E-state index in [-0.39, 0.29) is 11.0 Å². The lowest BCUT2D eigenvalue weighted by molar-refractivity contribution is -0.00983. The van der Waals surface area contributed by atoms with Gasteiger partial charge in [-0.2, -0.15) is 0 Å². The average Bonchev–Trinajstić information content (AvgIpc) is 3.23. The first kappa shape index (κ1) is 16.8. The van der Waals surface area contributed by atoms with Crippen molar-refractivity contribution in [3.63, 3.8) is 0 Å². The molecular formula is C22H25N3O2. The molecule has 1 atom stereocenters. The third-order valence-corrected chi connectivity index (χ3v) is 6.91. The van der Waals surface area contributed by atoms with Crippen LogP contribution < -0.4 is 5.73 Å². The SMILES string of the molecule is COC1CCC2(CC1)Cc1ccc(-c3cccnc3)cc1[C@@]21COC(N)=N1. The zero-order chi connectivity index (χ0) is 18.5. The van der Waals surface area contributed by atoms with Crippen molar-refractivity contribution in [1.29, 1.82) is 0 Å². The molecule has 27 heavy (non-hydrogen) atoms. The molecule has 5 rings (SSSR count). The quantitative estimate of drug-likeness (QED) is 0.888. The molecule has 5 nitrogen and oxygen atoms in total. The minimum absolute atomic E-state index is 0.0685. The highest BCUT2D eigenvalue weighted by molar-refractivity contribution is 5.76. The first-order valence-corrected chi connectivity index (χ1v) is 9.71. The van der Waals surface area contributed by atoms with Crippen molar-refractivity contribution in [1.82, 2.24) is 4.98 Å². The summed E-state index contributed by atoms with van der Waals surface area (Å²) in [6.45, 7) is 0.542. The molecule has 1 aromatic heterocycles. The molecule has 0 amide bonds. The molecule has 2 N–H and O–H groups in total. The Kier molecular flexibility index (Phi) is 3.76. The fraction of sp³-hybridized carbons (Fsp3) is 0.455. The predicted octanol–water partition coefficient (Wildman–Crippen LogP) is 3.42. The Bertz CT molecular complexity index is 888. The number of methoxy groups -OCH3 is 1. The zero-order valence-corrected chi connectivity index (χ0v) is 15.6. The van der Waals surface area contributed by atoms with Gasteiger partial charge in [0.05, 0.1) is 6.10 Å². The summed E-state index contributed by atoms with van der Waals surface area (Å²) in [5.41, 5.74) is 10.7. The van der Waals surface area contributed by atoms with Gasteiger partial charge >= 0.3 is 0 Å². The molecule has 0 bridgehead atoms. The van der Waals surface area contributed by atoms with E-state index in [1.165, 1.54) is 16.7 Å². The van der Waals surface area contributed by atoms with Crippen LogP contribution in [0.3, 0.4) is 0 Å². The van der Waals surface area contributed by atoms with Gasteiger partial charge in [-0.3, -0.25) is 4.98 Å². The van der Waals surface area contributed by atoms with E-state index >= 15 is 0 Å². The highest BCUT2D eigenvalue weighted by Gasteiger charge is 2.61. The van der Waals surface area contributed by atoms with E-state index in [1.807, 2.05) is 19.4 Å². The number of nitrogens with zero attached hydrogens (tertiary/aromatic N) is 2. The summed E-state index contributed by atoms with van der Waals surface area (Å²) in [7, 11) is 1.82. The molecule has 1 saturated carbocycles. The van der Waals surface area contributed by atoms with Crippen LogP contribution in [0.15, 0.2) is 47.7 Å². The normalized spacial score (nSPS) is 31.7. The maximum Gasteiger partial charge on any atom is 0.283 e. The molecule has 0 unspecified atom stereocenters. The highest BCUT2D eigenvalue weighted by Crippen LogP contribution is 2.61. The summed E-state index contributed by atoms with van der Waals surface area (Å²) in [6.07, 6.45) is 9.40. The summed E-state index contributed by atoms with van der Waals surface area (Å²) in [4.78, 5) is 9.21. The maximum atomic E-state index is 6.03. The summed E-state index contributed by atoms with van der Waals surface area (Å²) in [5.74, 6) is 0. The number of fused-ring (bicyclic) bond motifs is 3. The lowest BCUT2D eigenvalue weighted by Crippen LogP contribution is -2.46. The van der Waals surface area contributed by atoms with Crippen LogP contribution in [0, 0.1) is 5.41 Å². The standard InChI is InChI=1S/C22H25N3O2/c1-26-18-6-8-21(9-7-18)12-16-5-4-15(17-3-2-10-24-13-17)11-19(16)22(21)14-27-20(23)25-22/h2-5,10-11,13,18H,6-9,12,14H2,1H3,(H2,23,25)/t18?,21?,22-/m0/s1. The van der Waals surface area contributed by atoms with Crippen LogP contribution in [0.5, 0.6) is 0 Å². The Hall–Kier alpha value is -2.40. The Morgan fingerprint density at radius 1 is 1.19 bits per heavy atom. The third kappa shape index (κ3) is 2.41. The van der Waals surface area contributed by atoms with Crippen molar-refractivity contribution in [3.05, 3.63) is 53.9 Å². The van der Waals surface area contributed by atoms with E-state index < -0.39 is 0 Å². The number of hydrogen-bond donors (Lipinski definition) is 1. The van der Waals surface area contributed by atoms with Crippen molar-refractivity contribution in [3.8, 4) is 11.1 Å². The van der Waals surface area contributed by atoms with Crippen molar-refractivity contribution < 1.29 is 9.47 Å². The smallest absolute Gasteiger partial charge is 0.283 e. The number of rotatable bonds is 2. The second kappa shape index (κ2) is 6.06. The second-order valence-corrected chi connectivity index (χ2v) is 8.10. The Balaban J connectivity index is 1.61. The van der Waals surface area contributed by atoms with Crippen LogP contribution in [-0.2, 0) is 21.4 Å². The summed E-state index contributed by atoms with van der Waals surface area (Å²) in [5, 5.41) is 0. The topological polar surface area (TPSA) is 69.7 Å². The molecule has 2 spiro atoms. The zero-order valence-electron chi connectivity index (χ0n) is 15.6. The lowest BCUT2D eigenvalue weighted by atomic mass is 9.62. The maximum absolute atomic E-state index is 6.03. The minimum Gasteiger partial charge on any atom is -0.462 e. The van der Waals surface area contributed by atoms with Crippen LogP contribution in [0.1, 0.15) is 36.8 Å². The second-order valence-electron chi connectivity index (χ2n) is 8.10. The van der Waals surface area contributed by atoms with Crippen molar-refractivity contribution in [2.45, 2.75) is 43.7 Å². The van der Waals surface area contributed by atoms with Gasteiger partial charge in [-0.15, -0.1) is 0 Å². The van der Waals surface area contributed by atoms with Crippen LogP contribution in [0.25, 0.3) is 11.1 Å². The number of amidine groups is 1. The van der Waals surface area contributed by atoms with Crippen molar-refractivity contribution in [2.75, 3.05) is 13.7 Å². The predicted molar refractivity (Wildman–Crippen MR) is 104 cm³/mol. The van der Waals surface area contributed by atoms with Crippen molar-refractivity contribution in [2.24, 2.45) is 16.1 Å². The Morgan fingerprint density at radius 2 is 2.04 bits per heavy atom. The Morgan fingerprint density at radius 3 is 2.70 bits per heavy atom. The number of benzene rings is 1. The number of ether oxygens (including phenoxy) is 2. The van der Waals surface area contributed by atoms with E-state index in [0.29, 0.717) is 18.7 Å². The first-order chi connectivity index (χ1) is 13.2. The molecule has 0 radical (unpaired) electrons. The summed E-state index contributed by atoms with van der Waals surface area (Å²) < 4.78 is 11.4. The van der Waals surface area contributed by atoms with Gasteiger partial charge in [-0.05, 0) is 66.5 Å². The molecule has 2 aromatic rings. The van der Waals surface area contributed by atoms with Crippen LogP contribution in [0.4, 0.5) is 0 Å². The number of nitrogens with two attached hydrogens (primary N) is 1. The largest absolute Gasteiger partial charge is 0.462 e. The average molecular weight is 363 g/mol. The van der Waals surface area contributed by atoms with Gasteiger partial charge in [0, 0.05) is 24.9 Å². The molecule has 1 fully saturated rings. The van der Waals surface area contributed by atoms with Gasteiger partial charge in [-0.1, -0.05) is 18.2 Å². The van der Waals surface area contributed by atoms with Crippen molar-refractivity contribution >= 4 is 6.02 Å². The molecular weight excluding hydrogens is 338 g/mol. The van der Waals surface area contributed by atoms with Gasteiger partial charge in [0.25, 0.3) is 6.02 Å². The van der Waals surface area contributed by atoms with Crippen LogP contribution in [0.2, 0.25) is 0 Å². The monoisotopic (exact) mass is 363 g/mol. The molecule has 1 aromatic carbocycles. The van der Waals surface area contributed by atoms with Gasteiger partial charge in [0.1, 0.15) is 12.1 Å². The molecule has 2 aliphatic carbocycles. The summed E-state index contributed by atoms with van der Waals surface area (Å²) >= 11 is 0. The molecule has 5 heteroatoms. The van der Waals surface area contributed by atoms with E-state index in [2.05, 4.69) is 29.2 Å². The van der Waals surface area contributed by atoms with E-state index in [1.54, 1.807) is 6.20 Å². The van der Waals surface area contributed by atoms with Gasteiger partial charge in [-0.25, -0.2) is 4.99 Å². The van der Waals surface area contributed by atoms with Gasteiger partial charge in [0.15, 0.2) is 0 Å². The molecule has 140 valence electrons. The molecule has 3 aliphatic rings. The molecule has 2 heterocycles. The highest BCUT2D eigenvalue weighted by atomic mass is 16.5.